The van der Waals surface area contributed by atoms with Crippen molar-refractivity contribution < 1.29 is 30.0 Å². The van der Waals surface area contributed by atoms with Gasteiger partial charge in [0.2, 0.25) is 0 Å². The Kier molecular flexibility index (Phi) is 7.68. The molecular weight excluding hydrogens is 308 g/mol. The first-order valence-electron chi connectivity index (χ1n) is 7.43. The van der Waals surface area contributed by atoms with Crippen molar-refractivity contribution in [2.45, 2.75) is 50.4 Å². The SMILES string of the molecule is CCCNCC/C(=C/N)N(N)C1OC(C(=O)O)C(O)C(O)C1O. The summed E-state index contributed by atoms with van der Waals surface area (Å²) in [5.74, 6) is 4.40. The van der Waals surface area contributed by atoms with Crippen molar-refractivity contribution in [3.8, 4) is 0 Å². The third-order valence-corrected chi connectivity index (χ3v) is 3.61. The first-order chi connectivity index (χ1) is 10.8. The molecule has 5 unspecified atom stereocenters. The summed E-state index contributed by atoms with van der Waals surface area (Å²) < 4.78 is 5.14. The number of rotatable bonds is 8. The number of hydrogen-bond acceptors (Lipinski definition) is 9. The first-order valence-corrected chi connectivity index (χ1v) is 7.43. The van der Waals surface area contributed by atoms with Crippen LogP contribution in [0, 0.1) is 0 Å². The molecular formula is C13H26N4O6. The highest BCUT2D eigenvalue weighted by Gasteiger charge is 2.48. The van der Waals surface area contributed by atoms with E-state index in [4.69, 9.17) is 21.4 Å². The number of nitrogens with one attached hydrogen (secondary N) is 1. The van der Waals surface area contributed by atoms with E-state index in [1.165, 1.54) is 6.20 Å². The van der Waals surface area contributed by atoms with Crippen LogP contribution in [0.25, 0.3) is 0 Å². The lowest BCUT2D eigenvalue weighted by Gasteiger charge is -2.43. The lowest BCUT2D eigenvalue weighted by molar-refractivity contribution is -0.256. The molecule has 1 aliphatic heterocycles. The average molecular weight is 334 g/mol. The quantitative estimate of drug-likeness (QED) is 0.140. The molecule has 134 valence electrons. The number of nitrogens with zero attached hydrogens (tertiary/aromatic N) is 1. The Morgan fingerprint density at radius 3 is 2.43 bits per heavy atom. The molecule has 0 radical (unpaired) electrons. The van der Waals surface area contributed by atoms with Gasteiger partial charge in [-0.1, -0.05) is 6.92 Å². The van der Waals surface area contributed by atoms with Gasteiger partial charge in [0.25, 0.3) is 0 Å². The Bertz CT molecular complexity index is 421. The van der Waals surface area contributed by atoms with Gasteiger partial charge in [0.1, 0.15) is 18.3 Å². The van der Waals surface area contributed by atoms with E-state index < -0.39 is 36.6 Å². The van der Waals surface area contributed by atoms with Crippen LogP contribution in [-0.2, 0) is 9.53 Å². The van der Waals surface area contributed by atoms with Crippen LogP contribution in [0.1, 0.15) is 19.8 Å². The van der Waals surface area contributed by atoms with E-state index >= 15 is 0 Å². The Labute approximate surface area is 134 Å². The van der Waals surface area contributed by atoms with Crippen LogP contribution in [0.5, 0.6) is 0 Å². The minimum atomic E-state index is -1.76. The molecule has 1 rings (SSSR count). The number of ether oxygens (including phenoxy) is 1. The highest BCUT2D eigenvalue weighted by atomic mass is 16.6. The number of nitrogens with two attached hydrogens (primary N) is 2. The van der Waals surface area contributed by atoms with Gasteiger partial charge in [-0.2, -0.15) is 0 Å². The van der Waals surface area contributed by atoms with Crippen molar-refractivity contribution in [3.05, 3.63) is 11.9 Å². The third kappa shape index (κ3) is 4.77. The summed E-state index contributed by atoms with van der Waals surface area (Å²) in [5, 5.41) is 42.6. The van der Waals surface area contributed by atoms with Crippen LogP contribution >= 0.6 is 0 Å². The van der Waals surface area contributed by atoms with Crippen LogP contribution in [0.3, 0.4) is 0 Å². The van der Waals surface area contributed by atoms with Crippen LogP contribution < -0.4 is 16.9 Å². The zero-order valence-corrected chi connectivity index (χ0v) is 13.0. The fourth-order valence-corrected chi connectivity index (χ4v) is 2.28. The zero-order chi connectivity index (χ0) is 17.6. The summed E-state index contributed by atoms with van der Waals surface area (Å²) >= 11 is 0. The van der Waals surface area contributed by atoms with Crippen molar-refractivity contribution in [2.24, 2.45) is 11.6 Å². The van der Waals surface area contributed by atoms with Gasteiger partial charge in [0, 0.05) is 24.9 Å². The van der Waals surface area contributed by atoms with Crippen LogP contribution in [0.4, 0.5) is 0 Å². The van der Waals surface area contributed by atoms with E-state index in [-0.39, 0.29) is 0 Å². The molecule has 9 N–H and O–H groups in total. The van der Waals surface area contributed by atoms with E-state index in [9.17, 15) is 20.1 Å². The van der Waals surface area contributed by atoms with Gasteiger partial charge < -0.3 is 36.2 Å². The van der Waals surface area contributed by atoms with Crippen LogP contribution in [0.15, 0.2) is 11.9 Å². The second kappa shape index (κ2) is 9.01. The predicted octanol–water partition coefficient (Wildman–Crippen LogP) is -2.76. The minimum absolute atomic E-state index is 0.394. The first kappa shape index (κ1) is 19.6. The topological polar surface area (TPSA) is 175 Å². The molecule has 0 aliphatic carbocycles. The fourth-order valence-electron chi connectivity index (χ4n) is 2.28. The molecule has 10 heteroatoms. The summed E-state index contributed by atoms with van der Waals surface area (Å²) in [6.07, 6.45) is -5.53. The molecule has 10 nitrogen and oxygen atoms in total. The Hall–Kier alpha value is -1.43. The van der Waals surface area contributed by atoms with Crippen molar-refractivity contribution in [2.75, 3.05) is 13.1 Å². The Morgan fingerprint density at radius 1 is 1.26 bits per heavy atom. The van der Waals surface area contributed by atoms with Gasteiger partial charge in [0.05, 0.1) is 0 Å². The number of hydrogen-bond donors (Lipinski definition) is 7. The molecule has 0 aromatic rings. The maximum absolute atomic E-state index is 11.1. The second-order valence-electron chi connectivity index (χ2n) is 5.32. The molecule has 1 saturated heterocycles. The molecule has 23 heavy (non-hydrogen) atoms. The molecule has 0 aromatic heterocycles. The van der Waals surface area contributed by atoms with Crippen molar-refractivity contribution >= 4 is 5.97 Å². The van der Waals surface area contributed by atoms with E-state index in [2.05, 4.69) is 5.32 Å². The van der Waals surface area contributed by atoms with Gasteiger partial charge >= 0.3 is 5.97 Å². The molecule has 1 fully saturated rings. The summed E-state index contributed by atoms with van der Waals surface area (Å²) in [4.78, 5) is 11.1. The fraction of sp³-hybridized carbons (Fsp3) is 0.769. The second-order valence-corrected chi connectivity index (χ2v) is 5.32. The molecule has 0 amide bonds. The van der Waals surface area contributed by atoms with Crippen LogP contribution in [-0.4, -0.2) is 75.1 Å². The lowest BCUT2D eigenvalue weighted by atomic mass is 9.97. The number of carboxylic acids is 1. The van der Waals surface area contributed by atoms with E-state index in [0.717, 1.165) is 18.0 Å². The van der Waals surface area contributed by atoms with E-state index in [1.807, 2.05) is 6.92 Å². The van der Waals surface area contributed by atoms with Crippen LogP contribution in [0.2, 0.25) is 0 Å². The smallest absolute Gasteiger partial charge is 0.335 e. The zero-order valence-electron chi connectivity index (χ0n) is 13.0. The summed E-state index contributed by atoms with van der Waals surface area (Å²) in [7, 11) is 0. The molecule has 0 aromatic carbocycles. The summed E-state index contributed by atoms with van der Waals surface area (Å²) in [5.41, 5.74) is 5.91. The molecule has 1 heterocycles. The van der Waals surface area contributed by atoms with Gasteiger partial charge in [-0.25, -0.2) is 10.6 Å². The van der Waals surface area contributed by atoms with Gasteiger partial charge in [-0.15, -0.1) is 0 Å². The number of hydrazine groups is 1. The van der Waals surface area contributed by atoms with E-state index in [1.54, 1.807) is 0 Å². The van der Waals surface area contributed by atoms with E-state index in [0.29, 0.717) is 18.7 Å². The Morgan fingerprint density at radius 2 is 1.91 bits per heavy atom. The number of carboxylic acid groups (broad SMARTS) is 1. The standard InChI is InChI=1S/C13H26N4O6/c1-2-4-16-5-3-7(6-14)17(15)12-10(20)8(18)9(19)11(23-12)13(21)22/h6,8-12,16,18-20H,2-5,14-15H2,1H3,(H,21,22)/b7-6-. The maximum atomic E-state index is 11.1. The van der Waals surface area contributed by atoms with Crippen molar-refractivity contribution in [3.63, 3.8) is 0 Å². The highest BCUT2D eigenvalue weighted by molar-refractivity contribution is 5.73. The summed E-state index contributed by atoms with van der Waals surface area (Å²) in [6, 6.07) is 0. The Balaban J connectivity index is 2.78. The molecule has 1 aliphatic rings. The maximum Gasteiger partial charge on any atom is 0.335 e. The lowest BCUT2D eigenvalue weighted by Crippen LogP contribution is -2.65. The monoisotopic (exact) mass is 334 g/mol. The normalized spacial score (nSPS) is 31.9. The number of aliphatic carboxylic acids is 1. The predicted molar refractivity (Wildman–Crippen MR) is 80.4 cm³/mol. The van der Waals surface area contributed by atoms with Gasteiger partial charge in [-0.05, 0) is 13.0 Å². The number of aliphatic hydroxyl groups is 3. The van der Waals surface area contributed by atoms with Gasteiger partial charge in [0.15, 0.2) is 12.3 Å². The summed E-state index contributed by atoms with van der Waals surface area (Å²) in [6.45, 7) is 3.41. The molecule has 0 bridgehead atoms. The highest BCUT2D eigenvalue weighted by Crippen LogP contribution is 2.24. The number of carbonyl (C=O) groups is 1. The minimum Gasteiger partial charge on any atom is -0.479 e. The third-order valence-electron chi connectivity index (χ3n) is 3.61. The molecule has 0 saturated carbocycles. The average Bonchev–Trinajstić information content (AvgIpc) is 2.52. The van der Waals surface area contributed by atoms with Crippen molar-refractivity contribution in [1.82, 2.24) is 10.3 Å². The molecule has 5 atom stereocenters. The number of aliphatic hydroxyl groups excluding tert-OH is 3. The van der Waals surface area contributed by atoms with Gasteiger partial charge in [-0.3, -0.25) is 5.01 Å². The van der Waals surface area contributed by atoms with Crippen molar-refractivity contribution in [1.29, 1.82) is 0 Å². The molecule has 0 spiro atoms. The largest absolute Gasteiger partial charge is 0.479 e.